The summed E-state index contributed by atoms with van der Waals surface area (Å²) in [5.74, 6) is 0. The first-order chi connectivity index (χ1) is 9.97. The zero-order valence-electron chi connectivity index (χ0n) is 12.4. The Balaban J connectivity index is 1.78. The third kappa shape index (κ3) is 2.93. The van der Waals surface area contributed by atoms with Crippen molar-refractivity contribution in [2.45, 2.75) is 51.1 Å². The van der Waals surface area contributed by atoms with Crippen molar-refractivity contribution in [3.05, 3.63) is 29.3 Å². The lowest BCUT2D eigenvalue weighted by molar-refractivity contribution is 0.263. The molecule has 0 saturated carbocycles. The molecule has 1 saturated heterocycles. The number of nitrogens with one attached hydrogen (secondary N) is 1. The first-order valence-corrected chi connectivity index (χ1v) is 9.09. The van der Waals surface area contributed by atoms with Gasteiger partial charge in [-0.25, -0.2) is 0 Å². The van der Waals surface area contributed by atoms with Gasteiger partial charge in [0, 0.05) is 24.3 Å². The maximum Gasteiger partial charge on any atom is 0.280 e. The van der Waals surface area contributed by atoms with Gasteiger partial charge in [-0.3, -0.25) is 0 Å². The predicted octanol–water partition coefficient (Wildman–Crippen LogP) is 1.96. The van der Waals surface area contributed by atoms with Gasteiger partial charge in [-0.05, 0) is 55.9 Å². The van der Waals surface area contributed by atoms with Crippen LogP contribution in [0.4, 0.5) is 5.69 Å². The topological polar surface area (TPSA) is 75.4 Å². The van der Waals surface area contributed by atoms with Crippen LogP contribution in [0.5, 0.6) is 0 Å². The number of nitrogens with zero attached hydrogens (tertiary/aromatic N) is 1. The molecular weight excluding hydrogens is 286 g/mol. The minimum absolute atomic E-state index is 0.0866. The fourth-order valence-electron chi connectivity index (χ4n) is 3.44. The number of nitrogen functional groups attached to an aromatic ring is 1. The highest BCUT2D eigenvalue weighted by molar-refractivity contribution is 7.87. The van der Waals surface area contributed by atoms with Gasteiger partial charge in [-0.1, -0.05) is 12.5 Å². The molecule has 0 bridgehead atoms. The molecular formula is C15H23N3O2S. The molecule has 2 unspecified atom stereocenters. The molecule has 6 heteroatoms. The normalized spacial score (nSPS) is 26.7. The van der Waals surface area contributed by atoms with Gasteiger partial charge < -0.3 is 5.73 Å². The fraction of sp³-hybridized carbons (Fsp3) is 0.600. The third-order valence-electron chi connectivity index (χ3n) is 4.59. The van der Waals surface area contributed by atoms with E-state index in [4.69, 9.17) is 5.73 Å². The molecule has 3 rings (SSSR count). The molecule has 0 radical (unpaired) electrons. The Kier molecular flexibility index (Phi) is 3.94. The van der Waals surface area contributed by atoms with Crippen LogP contribution < -0.4 is 10.5 Å². The molecule has 0 amide bonds. The number of rotatable bonds is 3. The van der Waals surface area contributed by atoms with E-state index in [-0.39, 0.29) is 12.1 Å². The Hall–Kier alpha value is -1.11. The van der Waals surface area contributed by atoms with Crippen LogP contribution in [0, 0.1) is 0 Å². The second-order valence-electron chi connectivity index (χ2n) is 6.13. The fourth-order valence-corrected chi connectivity index (χ4v) is 5.12. The van der Waals surface area contributed by atoms with Gasteiger partial charge in [0.25, 0.3) is 10.2 Å². The number of hydrogen-bond donors (Lipinski definition) is 2. The van der Waals surface area contributed by atoms with Gasteiger partial charge in [0.05, 0.1) is 0 Å². The van der Waals surface area contributed by atoms with E-state index in [1.54, 1.807) is 4.31 Å². The Bertz CT molecular complexity index is 630. The highest BCUT2D eigenvalue weighted by Gasteiger charge is 2.33. The summed E-state index contributed by atoms with van der Waals surface area (Å²) < 4.78 is 29.7. The average molecular weight is 309 g/mol. The lowest BCUT2D eigenvalue weighted by atomic mass is 10.1. The second-order valence-corrected chi connectivity index (χ2v) is 7.78. The van der Waals surface area contributed by atoms with Crippen molar-refractivity contribution in [1.82, 2.24) is 9.03 Å². The molecule has 21 heavy (non-hydrogen) atoms. The maximum atomic E-state index is 12.6. The Morgan fingerprint density at radius 3 is 2.86 bits per heavy atom. The molecule has 1 aliphatic carbocycles. The highest BCUT2D eigenvalue weighted by atomic mass is 32.2. The third-order valence-corrected chi connectivity index (χ3v) is 6.33. The molecule has 1 aliphatic heterocycles. The maximum absolute atomic E-state index is 12.6. The first-order valence-electron chi connectivity index (χ1n) is 7.65. The molecule has 1 fully saturated rings. The summed E-state index contributed by atoms with van der Waals surface area (Å²) in [6, 6.07) is 5.70. The summed E-state index contributed by atoms with van der Waals surface area (Å²) >= 11 is 0. The number of fused-ring (bicyclic) bond motifs is 1. The zero-order valence-corrected chi connectivity index (χ0v) is 13.2. The number of benzene rings is 1. The Labute approximate surface area is 126 Å². The van der Waals surface area contributed by atoms with Gasteiger partial charge in [-0.2, -0.15) is 17.4 Å². The standard InChI is InChI=1S/C15H23N3O2S/c1-11-4-2-3-9-18(11)21(19,20)17-15-8-5-12-10-13(16)6-7-14(12)15/h6-7,10-11,15,17H,2-5,8-9,16H2,1H3. The second kappa shape index (κ2) is 5.59. The zero-order chi connectivity index (χ0) is 15.0. The first kappa shape index (κ1) is 14.8. The molecule has 3 N–H and O–H groups in total. The van der Waals surface area contributed by atoms with Gasteiger partial charge >= 0.3 is 0 Å². The smallest absolute Gasteiger partial charge is 0.280 e. The van der Waals surface area contributed by atoms with E-state index in [2.05, 4.69) is 4.72 Å². The van der Waals surface area contributed by atoms with Crippen LogP contribution in [0.15, 0.2) is 18.2 Å². The SMILES string of the molecule is CC1CCCCN1S(=O)(=O)NC1CCc2cc(N)ccc21. The summed E-state index contributed by atoms with van der Waals surface area (Å²) in [7, 11) is -3.42. The van der Waals surface area contributed by atoms with Crippen LogP contribution in [0.2, 0.25) is 0 Å². The van der Waals surface area contributed by atoms with Crippen molar-refractivity contribution in [2.75, 3.05) is 12.3 Å². The van der Waals surface area contributed by atoms with E-state index < -0.39 is 10.2 Å². The largest absolute Gasteiger partial charge is 0.399 e. The quantitative estimate of drug-likeness (QED) is 0.838. The Morgan fingerprint density at radius 2 is 2.10 bits per heavy atom. The van der Waals surface area contributed by atoms with E-state index >= 15 is 0 Å². The summed E-state index contributed by atoms with van der Waals surface area (Å²) in [6.45, 7) is 2.61. The molecule has 2 atom stereocenters. The lowest BCUT2D eigenvalue weighted by Gasteiger charge is -2.33. The molecule has 1 aromatic carbocycles. The summed E-state index contributed by atoms with van der Waals surface area (Å²) in [5, 5.41) is 0. The number of nitrogens with two attached hydrogens (primary N) is 1. The van der Waals surface area contributed by atoms with E-state index in [9.17, 15) is 8.42 Å². The van der Waals surface area contributed by atoms with Crippen LogP contribution in [0.1, 0.15) is 49.8 Å². The molecule has 5 nitrogen and oxygen atoms in total. The number of piperidine rings is 1. The van der Waals surface area contributed by atoms with Crippen LogP contribution >= 0.6 is 0 Å². The van der Waals surface area contributed by atoms with Crippen LogP contribution in [0.3, 0.4) is 0 Å². The van der Waals surface area contributed by atoms with E-state index in [1.807, 2.05) is 25.1 Å². The van der Waals surface area contributed by atoms with Crippen LogP contribution in [-0.2, 0) is 16.6 Å². The van der Waals surface area contributed by atoms with Crippen molar-refractivity contribution in [1.29, 1.82) is 0 Å². The molecule has 116 valence electrons. The van der Waals surface area contributed by atoms with Crippen LogP contribution in [0.25, 0.3) is 0 Å². The number of anilines is 1. The van der Waals surface area contributed by atoms with Gasteiger partial charge in [-0.15, -0.1) is 0 Å². The monoisotopic (exact) mass is 309 g/mol. The summed E-state index contributed by atoms with van der Waals surface area (Å²) in [4.78, 5) is 0. The summed E-state index contributed by atoms with van der Waals surface area (Å²) in [6.07, 6.45) is 4.68. The number of hydrogen-bond acceptors (Lipinski definition) is 3. The molecule has 1 aromatic rings. The van der Waals surface area contributed by atoms with Gasteiger partial charge in [0.1, 0.15) is 0 Å². The molecule has 2 aliphatic rings. The van der Waals surface area contributed by atoms with Crippen molar-refractivity contribution in [2.24, 2.45) is 0 Å². The number of aryl methyl sites for hydroxylation is 1. The minimum Gasteiger partial charge on any atom is -0.399 e. The molecule has 1 heterocycles. The van der Waals surface area contributed by atoms with Crippen molar-refractivity contribution >= 4 is 15.9 Å². The predicted molar refractivity (Wildman–Crippen MR) is 84.0 cm³/mol. The van der Waals surface area contributed by atoms with Gasteiger partial charge in [0.2, 0.25) is 0 Å². The molecule has 0 spiro atoms. The summed E-state index contributed by atoms with van der Waals surface area (Å²) in [5.41, 5.74) is 8.76. The van der Waals surface area contributed by atoms with E-state index in [0.717, 1.165) is 48.9 Å². The average Bonchev–Trinajstić information content (AvgIpc) is 2.80. The van der Waals surface area contributed by atoms with E-state index in [0.29, 0.717) is 6.54 Å². The lowest BCUT2D eigenvalue weighted by Crippen LogP contribution is -2.48. The van der Waals surface area contributed by atoms with Gasteiger partial charge in [0.15, 0.2) is 0 Å². The van der Waals surface area contributed by atoms with E-state index in [1.165, 1.54) is 0 Å². The molecule has 0 aromatic heterocycles. The van der Waals surface area contributed by atoms with Crippen LogP contribution in [-0.4, -0.2) is 25.3 Å². The minimum atomic E-state index is -3.42. The van der Waals surface area contributed by atoms with Crippen molar-refractivity contribution in [3.8, 4) is 0 Å². The Morgan fingerprint density at radius 1 is 1.29 bits per heavy atom. The highest BCUT2D eigenvalue weighted by Crippen LogP contribution is 2.33. The van der Waals surface area contributed by atoms with Crippen molar-refractivity contribution in [3.63, 3.8) is 0 Å². The van der Waals surface area contributed by atoms with Crippen molar-refractivity contribution < 1.29 is 8.42 Å².